The zero-order valence-electron chi connectivity index (χ0n) is 19.7. The SMILES string of the molecule is C=CCOC(=O)C1=C(C)N=c2s/c(=C\c3c(F)cccc3Cl)c(=O)n2C1c1ccc(OC)c(OC)c1. The summed E-state index contributed by atoms with van der Waals surface area (Å²) in [6, 6.07) is 8.52. The minimum absolute atomic E-state index is 0.00945. The maximum Gasteiger partial charge on any atom is 0.338 e. The van der Waals surface area contributed by atoms with Gasteiger partial charge < -0.3 is 14.2 Å². The Morgan fingerprint density at radius 2 is 2.00 bits per heavy atom. The number of hydrogen-bond donors (Lipinski definition) is 0. The van der Waals surface area contributed by atoms with Crippen molar-refractivity contribution in [3.05, 3.63) is 102 Å². The average molecular weight is 529 g/mol. The van der Waals surface area contributed by atoms with Crippen molar-refractivity contribution in [2.75, 3.05) is 20.8 Å². The molecule has 0 amide bonds. The number of ether oxygens (including phenoxy) is 3. The molecule has 1 unspecified atom stereocenters. The number of carbonyl (C=O) groups excluding carboxylic acids is 1. The Balaban J connectivity index is 1.99. The van der Waals surface area contributed by atoms with E-state index in [-0.39, 0.29) is 27.3 Å². The number of nitrogens with zero attached hydrogens (tertiary/aromatic N) is 2. The molecule has 4 rings (SSSR count). The van der Waals surface area contributed by atoms with Gasteiger partial charge in [-0.2, -0.15) is 0 Å². The van der Waals surface area contributed by atoms with Crippen molar-refractivity contribution in [2.24, 2.45) is 4.99 Å². The molecule has 1 aliphatic heterocycles. The van der Waals surface area contributed by atoms with Crippen LogP contribution >= 0.6 is 22.9 Å². The average Bonchev–Trinajstić information content (AvgIpc) is 3.17. The maximum atomic E-state index is 14.4. The van der Waals surface area contributed by atoms with Crippen LogP contribution in [0.25, 0.3) is 6.08 Å². The maximum absolute atomic E-state index is 14.4. The van der Waals surface area contributed by atoms with Gasteiger partial charge in [-0.15, -0.1) is 0 Å². The zero-order chi connectivity index (χ0) is 26.0. The van der Waals surface area contributed by atoms with Crippen molar-refractivity contribution in [1.82, 2.24) is 4.57 Å². The van der Waals surface area contributed by atoms with Crippen molar-refractivity contribution in [1.29, 1.82) is 0 Å². The second-order valence-electron chi connectivity index (χ2n) is 7.72. The molecule has 1 aromatic heterocycles. The second kappa shape index (κ2) is 10.5. The summed E-state index contributed by atoms with van der Waals surface area (Å²) in [5, 5.41) is 0.169. The van der Waals surface area contributed by atoms with Crippen LogP contribution in [0.2, 0.25) is 5.02 Å². The summed E-state index contributed by atoms with van der Waals surface area (Å²) < 4.78 is 32.2. The molecule has 0 saturated heterocycles. The highest BCUT2D eigenvalue weighted by molar-refractivity contribution is 7.07. The van der Waals surface area contributed by atoms with E-state index >= 15 is 0 Å². The highest BCUT2D eigenvalue weighted by Gasteiger charge is 2.34. The molecule has 0 saturated carbocycles. The Bertz CT molecular complexity index is 1550. The quantitative estimate of drug-likeness (QED) is 0.344. The largest absolute Gasteiger partial charge is 0.493 e. The number of methoxy groups -OCH3 is 2. The van der Waals surface area contributed by atoms with Crippen molar-refractivity contribution in [3.63, 3.8) is 0 Å². The smallest absolute Gasteiger partial charge is 0.338 e. The van der Waals surface area contributed by atoms with E-state index in [2.05, 4.69) is 11.6 Å². The molecule has 3 aromatic rings. The topological polar surface area (TPSA) is 79.1 Å². The molecular formula is C26H22ClFN2O5S. The number of esters is 1. The van der Waals surface area contributed by atoms with Crippen LogP contribution in [0.5, 0.6) is 11.5 Å². The van der Waals surface area contributed by atoms with Crippen LogP contribution in [0.15, 0.2) is 70.1 Å². The highest BCUT2D eigenvalue weighted by atomic mass is 35.5. The molecule has 7 nitrogen and oxygen atoms in total. The van der Waals surface area contributed by atoms with Crippen molar-refractivity contribution >= 4 is 35.0 Å². The lowest BCUT2D eigenvalue weighted by molar-refractivity contribution is -0.138. The van der Waals surface area contributed by atoms with Crippen molar-refractivity contribution in [3.8, 4) is 11.5 Å². The van der Waals surface area contributed by atoms with Gasteiger partial charge >= 0.3 is 5.97 Å². The van der Waals surface area contributed by atoms with Gasteiger partial charge in [-0.3, -0.25) is 9.36 Å². The number of halogens is 2. The standard InChI is InChI=1S/C26H22ClFN2O5S/c1-5-11-35-25(32)22-14(2)29-26-30(23(22)15-9-10-19(33-3)20(12-15)34-4)24(31)21(36-26)13-16-17(27)7-6-8-18(16)28/h5-10,12-13,23H,1,11H2,2-4H3/b21-13-. The number of carbonyl (C=O) groups is 1. The molecule has 2 aromatic carbocycles. The Kier molecular flexibility index (Phi) is 7.42. The van der Waals surface area contributed by atoms with Crippen molar-refractivity contribution < 1.29 is 23.4 Å². The van der Waals surface area contributed by atoms with Crippen LogP contribution in [0.4, 0.5) is 4.39 Å². The molecule has 36 heavy (non-hydrogen) atoms. The Hall–Kier alpha value is -3.69. The third-order valence-electron chi connectivity index (χ3n) is 5.57. The first-order chi connectivity index (χ1) is 17.3. The van der Waals surface area contributed by atoms with Gasteiger partial charge in [0.05, 0.1) is 41.1 Å². The summed E-state index contributed by atoms with van der Waals surface area (Å²) in [5.74, 6) is -0.292. The van der Waals surface area contributed by atoms with Gasteiger partial charge in [0.25, 0.3) is 5.56 Å². The molecule has 0 spiro atoms. The predicted octanol–water partition coefficient (Wildman–Crippen LogP) is 3.77. The van der Waals surface area contributed by atoms with E-state index in [1.807, 2.05) is 0 Å². The van der Waals surface area contributed by atoms with E-state index in [9.17, 15) is 14.0 Å². The Labute approximate surface area is 215 Å². The molecule has 0 bridgehead atoms. The predicted molar refractivity (Wildman–Crippen MR) is 136 cm³/mol. The second-order valence-corrected chi connectivity index (χ2v) is 9.13. The lowest BCUT2D eigenvalue weighted by Crippen LogP contribution is -2.40. The van der Waals surface area contributed by atoms with Gasteiger partial charge in [0.15, 0.2) is 16.3 Å². The minimum atomic E-state index is -0.878. The van der Waals surface area contributed by atoms with Gasteiger partial charge in [0.1, 0.15) is 12.4 Å². The number of hydrogen-bond acceptors (Lipinski definition) is 7. The highest BCUT2D eigenvalue weighted by Crippen LogP contribution is 2.36. The first kappa shape index (κ1) is 25.4. The molecule has 0 fully saturated rings. The number of fused-ring (bicyclic) bond motifs is 1. The number of benzene rings is 2. The van der Waals surface area contributed by atoms with Gasteiger partial charge in [0, 0.05) is 5.56 Å². The van der Waals surface area contributed by atoms with Crippen LogP contribution in [-0.4, -0.2) is 31.4 Å². The van der Waals surface area contributed by atoms with Crippen LogP contribution in [0.1, 0.15) is 24.1 Å². The molecule has 10 heteroatoms. The molecule has 0 aliphatic carbocycles. The summed E-state index contributed by atoms with van der Waals surface area (Å²) >= 11 is 7.25. The fraction of sp³-hybridized carbons (Fsp3) is 0.192. The van der Waals surface area contributed by atoms with E-state index < -0.39 is 23.4 Å². The molecular weight excluding hydrogens is 507 g/mol. The van der Waals surface area contributed by atoms with Crippen LogP contribution < -0.4 is 24.4 Å². The number of allylic oxidation sites excluding steroid dienone is 1. The first-order valence-electron chi connectivity index (χ1n) is 10.8. The first-order valence-corrected chi connectivity index (χ1v) is 12.0. The van der Waals surface area contributed by atoms with E-state index in [4.69, 9.17) is 25.8 Å². The number of aromatic nitrogens is 1. The Morgan fingerprint density at radius 1 is 1.25 bits per heavy atom. The molecule has 2 heterocycles. The third kappa shape index (κ3) is 4.59. The molecule has 1 atom stereocenters. The number of rotatable bonds is 7. The van der Waals surface area contributed by atoms with Gasteiger partial charge in [-0.05, 0) is 42.8 Å². The van der Waals surface area contributed by atoms with Crippen LogP contribution in [0.3, 0.4) is 0 Å². The van der Waals surface area contributed by atoms with E-state index in [1.165, 1.54) is 49.1 Å². The Morgan fingerprint density at radius 3 is 2.67 bits per heavy atom. The summed E-state index contributed by atoms with van der Waals surface area (Å²) in [6.45, 7) is 5.24. The third-order valence-corrected chi connectivity index (χ3v) is 6.88. The lowest BCUT2D eigenvalue weighted by atomic mass is 9.95. The number of thiazole rings is 1. The lowest BCUT2D eigenvalue weighted by Gasteiger charge is -2.25. The summed E-state index contributed by atoms with van der Waals surface area (Å²) in [5.41, 5.74) is 0.782. The fourth-order valence-corrected chi connectivity index (χ4v) is 5.16. The van der Waals surface area contributed by atoms with Gasteiger partial charge in [-0.1, -0.05) is 47.7 Å². The zero-order valence-corrected chi connectivity index (χ0v) is 21.3. The molecule has 0 N–H and O–H groups in total. The van der Waals surface area contributed by atoms with Crippen molar-refractivity contribution in [2.45, 2.75) is 13.0 Å². The monoisotopic (exact) mass is 528 g/mol. The van der Waals surface area contributed by atoms with Gasteiger partial charge in [0.2, 0.25) is 0 Å². The van der Waals surface area contributed by atoms with Gasteiger partial charge in [-0.25, -0.2) is 14.2 Å². The van der Waals surface area contributed by atoms with Crippen LogP contribution in [0, 0.1) is 5.82 Å². The van der Waals surface area contributed by atoms with E-state index in [0.717, 1.165) is 11.3 Å². The summed E-state index contributed by atoms with van der Waals surface area (Å²) in [7, 11) is 3.00. The summed E-state index contributed by atoms with van der Waals surface area (Å²) in [6.07, 6.45) is 2.84. The molecule has 0 radical (unpaired) electrons. The fourth-order valence-electron chi connectivity index (χ4n) is 3.91. The van der Waals surface area contributed by atoms with Crippen LogP contribution in [-0.2, 0) is 9.53 Å². The molecule has 186 valence electrons. The van der Waals surface area contributed by atoms with E-state index in [0.29, 0.717) is 27.6 Å². The minimum Gasteiger partial charge on any atom is -0.493 e. The normalized spacial score (nSPS) is 15.2. The van der Waals surface area contributed by atoms with E-state index in [1.54, 1.807) is 25.1 Å². The summed E-state index contributed by atoms with van der Waals surface area (Å²) in [4.78, 5) is 31.6. The molecule has 1 aliphatic rings.